The molecule has 1 aromatic carbocycles. The first kappa shape index (κ1) is 18.1. The zero-order valence-corrected chi connectivity index (χ0v) is 14.5. The van der Waals surface area contributed by atoms with Crippen LogP contribution in [0.1, 0.15) is 27.2 Å². The van der Waals surface area contributed by atoms with E-state index in [1.54, 1.807) is 0 Å². The van der Waals surface area contributed by atoms with Crippen molar-refractivity contribution < 1.29 is 14.0 Å². The predicted molar refractivity (Wildman–Crippen MR) is 94.6 cm³/mol. The summed E-state index contributed by atoms with van der Waals surface area (Å²) in [6.45, 7) is 5.87. The third kappa shape index (κ3) is 5.16. The number of amides is 2. The SMILES string of the molecule is CC(=NN=C1NC(=O)[C@H](CC(=O)Nc2ccc(F)cc2)S1)C(C)C. The van der Waals surface area contributed by atoms with Gasteiger partial charge in [0.25, 0.3) is 0 Å². The highest BCUT2D eigenvalue weighted by Crippen LogP contribution is 2.23. The van der Waals surface area contributed by atoms with Crippen molar-refractivity contribution in [1.29, 1.82) is 0 Å². The van der Waals surface area contributed by atoms with Crippen LogP contribution in [-0.4, -0.2) is 27.9 Å². The van der Waals surface area contributed by atoms with Crippen LogP contribution in [-0.2, 0) is 9.59 Å². The van der Waals surface area contributed by atoms with Crippen LogP contribution in [0.5, 0.6) is 0 Å². The Morgan fingerprint density at radius 3 is 2.67 bits per heavy atom. The average molecular weight is 350 g/mol. The number of nitrogens with zero attached hydrogens (tertiary/aromatic N) is 2. The third-order valence-corrected chi connectivity index (χ3v) is 4.48. The minimum absolute atomic E-state index is 0.000225. The lowest BCUT2D eigenvalue weighted by Crippen LogP contribution is -2.28. The zero-order valence-electron chi connectivity index (χ0n) is 13.7. The Morgan fingerprint density at radius 2 is 2.04 bits per heavy atom. The molecule has 6 nitrogen and oxygen atoms in total. The topological polar surface area (TPSA) is 82.9 Å². The molecule has 0 unspecified atom stereocenters. The summed E-state index contributed by atoms with van der Waals surface area (Å²) in [7, 11) is 0. The molecule has 128 valence electrons. The Morgan fingerprint density at radius 1 is 1.38 bits per heavy atom. The van der Waals surface area contributed by atoms with Crippen molar-refractivity contribution in [2.45, 2.75) is 32.4 Å². The maximum atomic E-state index is 12.8. The molecule has 0 aromatic heterocycles. The van der Waals surface area contributed by atoms with Crippen molar-refractivity contribution in [1.82, 2.24) is 5.32 Å². The van der Waals surface area contributed by atoms with Gasteiger partial charge in [-0.15, -0.1) is 5.10 Å². The van der Waals surface area contributed by atoms with Gasteiger partial charge >= 0.3 is 0 Å². The lowest BCUT2D eigenvalue weighted by molar-refractivity contribution is -0.122. The fourth-order valence-electron chi connectivity index (χ4n) is 1.74. The number of carbonyl (C=O) groups excluding carboxylic acids is 2. The quantitative estimate of drug-likeness (QED) is 0.633. The van der Waals surface area contributed by atoms with Crippen molar-refractivity contribution in [2.24, 2.45) is 16.1 Å². The number of hydrogen-bond acceptors (Lipinski definition) is 5. The van der Waals surface area contributed by atoms with Crippen LogP contribution < -0.4 is 10.6 Å². The smallest absolute Gasteiger partial charge is 0.240 e. The number of amidine groups is 1. The van der Waals surface area contributed by atoms with Gasteiger partial charge in [-0.1, -0.05) is 25.6 Å². The Labute approximate surface area is 144 Å². The lowest BCUT2D eigenvalue weighted by Gasteiger charge is -2.07. The number of carbonyl (C=O) groups is 2. The standard InChI is InChI=1S/C16H19FN4O2S/c1-9(2)10(3)20-21-16-19-15(23)13(24-16)8-14(22)18-12-6-4-11(17)5-7-12/h4-7,9,13H,8H2,1-3H3,(H,18,22)(H,19,21,23)/t13-/m0/s1. The molecule has 0 radical (unpaired) electrons. The molecule has 1 aromatic rings. The van der Waals surface area contributed by atoms with Gasteiger partial charge in [-0.2, -0.15) is 5.10 Å². The van der Waals surface area contributed by atoms with Crippen LogP contribution in [0, 0.1) is 11.7 Å². The molecule has 2 amide bonds. The van der Waals surface area contributed by atoms with E-state index in [2.05, 4.69) is 20.8 Å². The normalized spacial score (nSPS) is 19.7. The summed E-state index contributed by atoms with van der Waals surface area (Å²) in [5, 5.41) is 13.1. The van der Waals surface area contributed by atoms with E-state index in [4.69, 9.17) is 0 Å². The van der Waals surface area contributed by atoms with Crippen LogP contribution in [0.15, 0.2) is 34.5 Å². The van der Waals surface area contributed by atoms with Crippen molar-refractivity contribution in [3.05, 3.63) is 30.1 Å². The molecule has 24 heavy (non-hydrogen) atoms. The number of thioether (sulfide) groups is 1. The predicted octanol–water partition coefficient (Wildman–Crippen LogP) is 2.77. The average Bonchev–Trinajstić information content (AvgIpc) is 2.87. The highest BCUT2D eigenvalue weighted by atomic mass is 32.2. The molecule has 1 fully saturated rings. The second kappa shape index (κ2) is 8.05. The maximum absolute atomic E-state index is 12.8. The van der Waals surface area contributed by atoms with Crippen LogP contribution in [0.25, 0.3) is 0 Å². The zero-order chi connectivity index (χ0) is 17.7. The molecule has 8 heteroatoms. The molecule has 0 spiro atoms. The molecule has 1 heterocycles. The van der Waals surface area contributed by atoms with E-state index < -0.39 is 5.25 Å². The highest BCUT2D eigenvalue weighted by Gasteiger charge is 2.32. The van der Waals surface area contributed by atoms with E-state index in [9.17, 15) is 14.0 Å². The summed E-state index contributed by atoms with van der Waals surface area (Å²) in [5.41, 5.74) is 1.34. The van der Waals surface area contributed by atoms with E-state index in [0.29, 0.717) is 10.9 Å². The molecular formula is C16H19FN4O2S. The number of halogens is 1. The fraction of sp³-hybridized carbons (Fsp3) is 0.375. The van der Waals surface area contributed by atoms with Crippen molar-refractivity contribution in [3.8, 4) is 0 Å². The molecule has 1 atom stereocenters. The fourth-order valence-corrected chi connectivity index (χ4v) is 2.66. The Balaban J connectivity index is 1.92. The van der Waals surface area contributed by atoms with Crippen molar-refractivity contribution in [3.63, 3.8) is 0 Å². The summed E-state index contributed by atoms with van der Waals surface area (Å²) in [6, 6.07) is 5.44. The number of nitrogens with one attached hydrogen (secondary N) is 2. The van der Waals surface area contributed by atoms with Gasteiger partial charge in [-0.25, -0.2) is 4.39 Å². The second-order valence-electron chi connectivity index (χ2n) is 5.66. The monoisotopic (exact) mass is 350 g/mol. The van der Waals surface area contributed by atoms with Gasteiger partial charge < -0.3 is 10.6 Å². The molecule has 1 aliphatic heterocycles. The molecular weight excluding hydrogens is 331 g/mol. The summed E-state index contributed by atoms with van der Waals surface area (Å²) in [4.78, 5) is 23.9. The van der Waals surface area contributed by atoms with Crippen molar-refractivity contribution in [2.75, 3.05) is 5.32 Å². The highest BCUT2D eigenvalue weighted by molar-refractivity contribution is 8.15. The van der Waals surface area contributed by atoms with Crippen LogP contribution in [0.3, 0.4) is 0 Å². The molecule has 2 rings (SSSR count). The molecule has 1 aliphatic rings. The van der Waals surface area contributed by atoms with Gasteiger partial charge in [-0.05, 0) is 37.1 Å². The largest absolute Gasteiger partial charge is 0.326 e. The summed E-state index contributed by atoms with van der Waals surface area (Å²) < 4.78 is 12.8. The minimum Gasteiger partial charge on any atom is -0.326 e. The number of hydrogen-bond donors (Lipinski definition) is 2. The van der Waals surface area contributed by atoms with Gasteiger partial charge in [0.1, 0.15) is 11.1 Å². The van der Waals surface area contributed by atoms with E-state index in [-0.39, 0.29) is 30.0 Å². The lowest BCUT2D eigenvalue weighted by atomic mass is 10.1. The Kier molecular flexibility index (Phi) is 6.08. The van der Waals surface area contributed by atoms with Gasteiger partial charge in [0.15, 0.2) is 5.17 Å². The maximum Gasteiger partial charge on any atom is 0.240 e. The first-order valence-corrected chi connectivity index (χ1v) is 8.38. The first-order chi connectivity index (χ1) is 11.3. The van der Waals surface area contributed by atoms with Gasteiger partial charge in [-0.3, -0.25) is 9.59 Å². The van der Waals surface area contributed by atoms with E-state index in [1.165, 1.54) is 36.0 Å². The number of anilines is 1. The van der Waals surface area contributed by atoms with Gasteiger partial charge in [0.2, 0.25) is 11.8 Å². The van der Waals surface area contributed by atoms with E-state index in [0.717, 1.165) is 5.71 Å². The first-order valence-electron chi connectivity index (χ1n) is 7.50. The van der Waals surface area contributed by atoms with Crippen LogP contribution in [0.2, 0.25) is 0 Å². The van der Waals surface area contributed by atoms with Gasteiger partial charge in [0.05, 0.1) is 0 Å². The molecule has 2 N–H and O–H groups in total. The third-order valence-electron chi connectivity index (χ3n) is 3.41. The Hall–Kier alpha value is -2.22. The molecule has 1 saturated heterocycles. The number of benzene rings is 1. The van der Waals surface area contributed by atoms with Crippen LogP contribution in [0.4, 0.5) is 10.1 Å². The molecule has 0 bridgehead atoms. The molecule has 0 aliphatic carbocycles. The van der Waals surface area contributed by atoms with Crippen molar-refractivity contribution >= 4 is 40.1 Å². The summed E-state index contributed by atoms with van der Waals surface area (Å²) >= 11 is 1.18. The summed E-state index contributed by atoms with van der Waals surface area (Å²) in [5.74, 6) is -0.701. The van der Waals surface area contributed by atoms with E-state index in [1.807, 2.05) is 20.8 Å². The minimum atomic E-state index is -0.557. The molecule has 0 saturated carbocycles. The Bertz CT molecular complexity index is 686. The summed E-state index contributed by atoms with van der Waals surface area (Å²) in [6.07, 6.45) is -0.000225. The second-order valence-corrected chi connectivity index (χ2v) is 6.85. The van der Waals surface area contributed by atoms with E-state index >= 15 is 0 Å². The number of rotatable bonds is 5. The van der Waals surface area contributed by atoms with Crippen LogP contribution >= 0.6 is 11.8 Å². The van der Waals surface area contributed by atoms with Gasteiger partial charge in [0, 0.05) is 17.8 Å².